The number of rotatable bonds is 3. The molecule has 0 aliphatic rings. The Kier molecular flexibility index (Phi) is 3.64. The Labute approximate surface area is 126 Å². The van der Waals surface area contributed by atoms with E-state index in [4.69, 9.17) is 9.95 Å². The molecule has 0 saturated heterocycles. The molecule has 3 rings (SSSR count). The third kappa shape index (κ3) is 2.45. The van der Waals surface area contributed by atoms with Crippen molar-refractivity contribution < 1.29 is 9.21 Å². The first-order valence-electron chi connectivity index (χ1n) is 6.85. The van der Waals surface area contributed by atoms with E-state index in [0.717, 1.165) is 16.5 Å². The van der Waals surface area contributed by atoms with Crippen LogP contribution < -0.4 is 0 Å². The lowest BCUT2D eigenvalue weighted by molar-refractivity contribution is 0.0975. The van der Waals surface area contributed by atoms with Crippen LogP contribution in [-0.4, -0.2) is 5.91 Å². The quantitative estimate of drug-likeness (QED) is 0.395. The van der Waals surface area contributed by atoms with Crippen LogP contribution in [0.25, 0.3) is 21.4 Å². The van der Waals surface area contributed by atoms with Gasteiger partial charge in [-0.05, 0) is 28.7 Å². The van der Waals surface area contributed by atoms with Gasteiger partial charge in [0.05, 0.1) is 0 Å². The molecule has 0 fully saturated rings. The van der Waals surface area contributed by atoms with E-state index in [1.165, 1.54) is 0 Å². The van der Waals surface area contributed by atoms with E-state index in [9.17, 15) is 4.79 Å². The minimum absolute atomic E-state index is 0.105. The maximum atomic E-state index is 11.8. The highest BCUT2D eigenvalue weighted by atomic mass is 16.3. The zero-order valence-corrected chi connectivity index (χ0v) is 12.0. The summed E-state index contributed by atoms with van der Waals surface area (Å²) in [5, 5.41) is 3.98. The van der Waals surface area contributed by atoms with Crippen molar-refractivity contribution >= 4 is 16.9 Å². The van der Waals surface area contributed by atoms with Gasteiger partial charge < -0.3 is 4.42 Å². The lowest BCUT2D eigenvalue weighted by atomic mass is 10.0. The number of hydrogen-bond donors (Lipinski definition) is 0. The Hall–Kier alpha value is -3.04. The summed E-state index contributed by atoms with van der Waals surface area (Å²) in [4.78, 5) is 14.3. The van der Waals surface area contributed by atoms with Gasteiger partial charge in [-0.25, -0.2) is 0 Å². The fourth-order valence-corrected chi connectivity index (χ4v) is 2.55. The Morgan fingerprint density at radius 3 is 2.68 bits per heavy atom. The minimum atomic E-state index is -0.693. The van der Waals surface area contributed by atoms with Crippen molar-refractivity contribution in [1.82, 2.24) is 0 Å². The smallest absolute Gasteiger partial charge is 0.284 e. The number of furan rings is 1. The van der Waals surface area contributed by atoms with Crippen molar-refractivity contribution in [3.05, 3.63) is 81.4 Å². The molecule has 0 N–H and O–H groups in total. The number of benzene rings is 2. The van der Waals surface area contributed by atoms with Gasteiger partial charge in [-0.1, -0.05) is 48.5 Å². The Morgan fingerprint density at radius 2 is 1.95 bits per heavy atom. The molecule has 0 atom stereocenters. The molecule has 1 aromatic heterocycles. The number of hydrogen-bond acceptors (Lipinski definition) is 2. The summed E-state index contributed by atoms with van der Waals surface area (Å²) in [5.41, 5.74) is 11.9. The van der Waals surface area contributed by atoms with Gasteiger partial charge in [0.25, 0.3) is 5.91 Å². The summed E-state index contributed by atoms with van der Waals surface area (Å²) in [7, 11) is 0. The molecule has 0 saturated carbocycles. The summed E-state index contributed by atoms with van der Waals surface area (Å²) in [5.74, 6) is -0.588. The molecule has 1 amide bonds. The van der Waals surface area contributed by atoms with Crippen LogP contribution in [0.5, 0.6) is 0 Å². The maximum Gasteiger partial charge on any atom is 0.284 e. The third-order valence-electron chi connectivity index (χ3n) is 3.61. The minimum Gasteiger partial charge on any atom is -0.452 e. The number of nitrogens with zero attached hydrogens (tertiary/aromatic N) is 3. The largest absolute Gasteiger partial charge is 0.452 e. The Morgan fingerprint density at radius 1 is 1.18 bits per heavy atom. The molecule has 3 aromatic rings. The summed E-state index contributed by atoms with van der Waals surface area (Å²) < 4.78 is 5.70. The second-order valence-electron chi connectivity index (χ2n) is 5.01. The normalized spacial score (nSPS) is 10.4. The molecule has 1 heterocycles. The SMILES string of the molecule is Cc1c(C(=O)N=[N+]=[N-])oc2c(Cc3ccccc3)cccc12. The van der Waals surface area contributed by atoms with Crippen LogP contribution in [0.15, 0.2) is 58.1 Å². The lowest BCUT2D eigenvalue weighted by Crippen LogP contribution is -1.92. The van der Waals surface area contributed by atoms with Gasteiger partial charge in [-0.3, -0.25) is 4.79 Å². The van der Waals surface area contributed by atoms with E-state index in [-0.39, 0.29) is 5.76 Å². The van der Waals surface area contributed by atoms with Crippen molar-refractivity contribution in [3.8, 4) is 0 Å². The highest BCUT2D eigenvalue weighted by Gasteiger charge is 2.18. The molecule has 5 nitrogen and oxygen atoms in total. The van der Waals surface area contributed by atoms with Crippen LogP contribution in [0.3, 0.4) is 0 Å². The van der Waals surface area contributed by atoms with Gasteiger partial charge in [0.15, 0.2) is 5.76 Å². The van der Waals surface area contributed by atoms with Gasteiger partial charge in [0.1, 0.15) is 5.58 Å². The third-order valence-corrected chi connectivity index (χ3v) is 3.61. The van der Waals surface area contributed by atoms with Gasteiger partial charge in [0, 0.05) is 22.3 Å². The van der Waals surface area contributed by atoms with Gasteiger partial charge in [0.2, 0.25) is 0 Å². The highest BCUT2D eigenvalue weighted by molar-refractivity contribution is 6.00. The van der Waals surface area contributed by atoms with Gasteiger partial charge in [-0.15, -0.1) is 0 Å². The van der Waals surface area contributed by atoms with Crippen molar-refractivity contribution in [2.75, 3.05) is 0 Å². The zero-order valence-electron chi connectivity index (χ0n) is 12.0. The number of fused-ring (bicyclic) bond motifs is 1. The second-order valence-corrected chi connectivity index (χ2v) is 5.01. The van der Waals surface area contributed by atoms with E-state index in [1.54, 1.807) is 6.92 Å². The predicted octanol–water partition coefficient (Wildman–Crippen LogP) is 4.78. The monoisotopic (exact) mass is 291 g/mol. The first-order chi connectivity index (χ1) is 10.7. The highest BCUT2D eigenvalue weighted by Crippen LogP contribution is 2.29. The van der Waals surface area contributed by atoms with E-state index < -0.39 is 5.91 Å². The molecule has 0 bridgehead atoms. The number of para-hydroxylation sites is 1. The molecule has 108 valence electrons. The summed E-state index contributed by atoms with van der Waals surface area (Å²) in [6.45, 7) is 1.79. The van der Waals surface area contributed by atoms with Crippen molar-refractivity contribution in [2.24, 2.45) is 5.11 Å². The topological polar surface area (TPSA) is 79.0 Å². The first kappa shape index (κ1) is 13.9. The summed E-state index contributed by atoms with van der Waals surface area (Å²) in [6.07, 6.45) is 0.709. The van der Waals surface area contributed by atoms with E-state index >= 15 is 0 Å². The molecule has 0 aliphatic heterocycles. The standard InChI is InChI=1S/C17H13N3O2/c1-11-14-9-5-8-13(10-12-6-3-2-4-7-12)16(14)22-15(11)17(21)19-20-18/h2-9H,10H2,1H3. The summed E-state index contributed by atoms with van der Waals surface area (Å²) in [6, 6.07) is 15.8. The van der Waals surface area contributed by atoms with Gasteiger partial charge >= 0.3 is 0 Å². The predicted molar refractivity (Wildman–Crippen MR) is 83.7 cm³/mol. The van der Waals surface area contributed by atoms with Crippen LogP contribution in [0.2, 0.25) is 0 Å². The lowest BCUT2D eigenvalue weighted by Gasteiger charge is -2.02. The fraction of sp³-hybridized carbons (Fsp3) is 0.118. The van der Waals surface area contributed by atoms with Crippen molar-refractivity contribution in [1.29, 1.82) is 0 Å². The Bertz CT molecular complexity index is 891. The van der Waals surface area contributed by atoms with Crippen LogP contribution in [0.4, 0.5) is 0 Å². The second kappa shape index (κ2) is 5.76. The van der Waals surface area contributed by atoms with Crippen LogP contribution >= 0.6 is 0 Å². The number of carbonyl (C=O) groups is 1. The van der Waals surface area contributed by atoms with Crippen LogP contribution in [0, 0.1) is 6.92 Å². The summed E-state index contributed by atoms with van der Waals surface area (Å²) >= 11 is 0. The molecule has 0 unspecified atom stereocenters. The Balaban J connectivity index is 2.11. The zero-order chi connectivity index (χ0) is 15.5. The van der Waals surface area contributed by atoms with E-state index in [0.29, 0.717) is 17.6 Å². The average molecular weight is 291 g/mol. The van der Waals surface area contributed by atoms with Crippen LogP contribution in [-0.2, 0) is 6.42 Å². The number of azide groups is 1. The van der Waals surface area contributed by atoms with Crippen molar-refractivity contribution in [2.45, 2.75) is 13.3 Å². The maximum absolute atomic E-state index is 11.8. The van der Waals surface area contributed by atoms with Crippen LogP contribution in [0.1, 0.15) is 27.2 Å². The molecule has 2 aromatic carbocycles. The fourth-order valence-electron chi connectivity index (χ4n) is 2.55. The van der Waals surface area contributed by atoms with Gasteiger partial charge in [-0.2, -0.15) is 0 Å². The first-order valence-corrected chi connectivity index (χ1v) is 6.85. The number of amides is 1. The average Bonchev–Trinajstić information content (AvgIpc) is 2.87. The molecule has 22 heavy (non-hydrogen) atoms. The number of carbonyl (C=O) groups excluding carboxylic acids is 1. The molecule has 5 heteroatoms. The van der Waals surface area contributed by atoms with Crippen molar-refractivity contribution in [3.63, 3.8) is 0 Å². The molecule has 0 aliphatic carbocycles. The molecular formula is C17H13N3O2. The molecular weight excluding hydrogens is 278 g/mol. The van der Waals surface area contributed by atoms with E-state index in [2.05, 4.69) is 10.0 Å². The van der Waals surface area contributed by atoms with E-state index in [1.807, 2.05) is 48.5 Å². The number of aryl methyl sites for hydroxylation is 1. The molecule has 0 radical (unpaired) electrons. The molecule has 0 spiro atoms.